The van der Waals surface area contributed by atoms with E-state index in [1.807, 2.05) is 71.6 Å². The topological polar surface area (TPSA) is 64.2 Å². The largest absolute Gasteiger partial charge is 0.351 e. The van der Waals surface area contributed by atoms with Crippen molar-refractivity contribution in [3.63, 3.8) is 0 Å². The van der Waals surface area contributed by atoms with Crippen molar-refractivity contribution in [2.75, 3.05) is 6.54 Å². The molecule has 142 valence electrons. The molecule has 0 fully saturated rings. The molecule has 0 bridgehead atoms. The van der Waals surface area contributed by atoms with E-state index >= 15 is 0 Å². The van der Waals surface area contributed by atoms with Gasteiger partial charge in [-0.05, 0) is 31.9 Å². The van der Waals surface area contributed by atoms with Gasteiger partial charge in [-0.2, -0.15) is 0 Å². The summed E-state index contributed by atoms with van der Waals surface area (Å²) in [6.45, 7) is 5.46. The minimum Gasteiger partial charge on any atom is -0.351 e. The Morgan fingerprint density at radius 2 is 1.86 bits per heavy atom. The van der Waals surface area contributed by atoms with Crippen LogP contribution in [0.2, 0.25) is 0 Å². The van der Waals surface area contributed by atoms with E-state index in [2.05, 4.69) is 10.3 Å². The van der Waals surface area contributed by atoms with Gasteiger partial charge in [0.25, 0.3) is 5.91 Å². The average Bonchev–Trinajstić information content (AvgIpc) is 3.33. The van der Waals surface area contributed by atoms with Crippen molar-refractivity contribution >= 4 is 11.6 Å². The molecule has 0 aliphatic carbocycles. The third-order valence-electron chi connectivity index (χ3n) is 4.74. The average molecular weight is 373 g/mol. The molecule has 0 saturated carbocycles. The highest BCUT2D eigenvalue weighted by atomic mass is 16.1. The molecule has 0 unspecified atom stereocenters. The van der Waals surface area contributed by atoms with Gasteiger partial charge in [0.05, 0.1) is 6.33 Å². The second-order valence-corrected chi connectivity index (χ2v) is 7.02. The number of amides is 1. The van der Waals surface area contributed by atoms with E-state index in [1.165, 1.54) is 5.56 Å². The van der Waals surface area contributed by atoms with Crippen molar-refractivity contribution in [1.29, 1.82) is 0 Å². The van der Waals surface area contributed by atoms with Crippen LogP contribution in [0.4, 0.5) is 0 Å². The number of carbonyl (C=O) groups excluding carboxylic acids is 1. The summed E-state index contributed by atoms with van der Waals surface area (Å²) in [5, 5.41) is 3.05. The van der Waals surface area contributed by atoms with E-state index in [1.54, 1.807) is 12.5 Å². The summed E-state index contributed by atoms with van der Waals surface area (Å²) in [6.07, 6.45) is 8.25. The van der Waals surface area contributed by atoms with Gasteiger partial charge in [-0.25, -0.2) is 9.97 Å². The number of carbonyl (C=O) groups is 1. The Balaban J connectivity index is 1.61. The van der Waals surface area contributed by atoms with Gasteiger partial charge in [0.2, 0.25) is 0 Å². The monoisotopic (exact) mass is 373 g/mol. The van der Waals surface area contributed by atoms with Crippen molar-refractivity contribution in [2.45, 2.75) is 26.8 Å². The maximum absolute atomic E-state index is 13.1. The molecule has 28 heavy (non-hydrogen) atoms. The predicted octanol–water partition coefficient (Wildman–Crippen LogP) is 3.63. The van der Waals surface area contributed by atoms with Crippen LogP contribution in [0.15, 0.2) is 61.3 Å². The Kier molecular flexibility index (Phi) is 4.93. The first-order chi connectivity index (χ1) is 13.6. The van der Waals surface area contributed by atoms with Crippen molar-refractivity contribution in [2.24, 2.45) is 0 Å². The molecule has 0 aliphatic rings. The van der Waals surface area contributed by atoms with Gasteiger partial charge in [0.15, 0.2) is 0 Å². The smallest absolute Gasteiger partial charge is 0.270 e. The lowest BCUT2D eigenvalue weighted by atomic mass is 10.1. The first kappa shape index (κ1) is 18.0. The third kappa shape index (κ3) is 3.67. The molecule has 6 heteroatoms. The molecule has 0 spiro atoms. The van der Waals surface area contributed by atoms with E-state index in [0.717, 1.165) is 29.7 Å². The van der Waals surface area contributed by atoms with E-state index in [4.69, 9.17) is 4.98 Å². The SMILES string of the molecule is Cc1ccc(-c2nc3ccc(C)cn3c2C(=O)NCCCn2ccnc2)cc1. The Labute approximate surface area is 163 Å². The molecule has 1 aromatic carbocycles. The van der Waals surface area contributed by atoms with Crippen LogP contribution in [0.5, 0.6) is 0 Å². The van der Waals surface area contributed by atoms with E-state index in [-0.39, 0.29) is 5.91 Å². The summed E-state index contributed by atoms with van der Waals surface area (Å²) in [5.74, 6) is -0.112. The van der Waals surface area contributed by atoms with Crippen LogP contribution in [-0.4, -0.2) is 31.4 Å². The third-order valence-corrected chi connectivity index (χ3v) is 4.74. The normalized spacial score (nSPS) is 11.1. The second kappa shape index (κ2) is 7.68. The molecular weight excluding hydrogens is 350 g/mol. The fourth-order valence-corrected chi connectivity index (χ4v) is 3.25. The molecule has 3 heterocycles. The number of fused-ring (bicyclic) bond motifs is 1. The van der Waals surface area contributed by atoms with Crippen molar-refractivity contribution in [3.8, 4) is 11.3 Å². The molecule has 0 aliphatic heterocycles. The number of pyridine rings is 1. The van der Waals surface area contributed by atoms with Gasteiger partial charge >= 0.3 is 0 Å². The Morgan fingerprint density at radius 3 is 2.61 bits per heavy atom. The second-order valence-electron chi connectivity index (χ2n) is 7.02. The quantitative estimate of drug-likeness (QED) is 0.525. The molecule has 0 radical (unpaired) electrons. The summed E-state index contributed by atoms with van der Waals surface area (Å²) < 4.78 is 3.89. The maximum atomic E-state index is 13.1. The van der Waals surface area contributed by atoms with Crippen LogP contribution in [0, 0.1) is 13.8 Å². The number of aromatic nitrogens is 4. The minimum atomic E-state index is -0.112. The van der Waals surface area contributed by atoms with Gasteiger partial charge in [0.1, 0.15) is 17.0 Å². The number of nitrogens with one attached hydrogen (secondary N) is 1. The van der Waals surface area contributed by atoms with Gasteiger partial charge in [-0.3, -0.25) is 9.20 Å². The first-order valence-corrected chi connectivity index (χ1v) is 9.41. The fourth-order valence-electron chi connectivity index (χ4n) is 3.25. The van der Waals surface area contributed by atoms with Crippen LogP contribution in [-0.2, 0) is 6.54 Å². The van der Waals surface area contributed by atoms with Crippen molar-refractivity contribution < 1.29 is 4.79 Å². The van der Waals surface area contributed by atoms with Gasteiger partial charge in [0, 0.05) is 37.2 Å². The standard InChI is InChI=1S/C22H23N5O/c1-16-4-7-18(8-5-16)20-21(27-14-17(2)6-9-19(27)25-20)22(28)24-10-3-12-26-13-11-23-15-26/h4-9,11,13-15H,3,10,12H2,1-2H3,(H,24,28). The van der Waals surface area contributed by atoms with Crippen LogP contribution >= 0.6 is 0 Å². The highest BCUT2D eigenvalue weighted by Gasteiger charge is 2.20. The molecule has 4 aromatic rings. The number of hydrogen-bond donors (Lipinski definition) is 1. The fraction of sp³-hybridized carbons (Fsp3) is 0.227. The molecule has 3 aromatic heterocycles. The van der Waals surface area contributed by atoms with Gasteiger partial charge in [-0.15, -0.1) is 0 Å². The van der Waals surface area contributed by atoms with Crippen LogP contribution in [0.25, 0.3) is 16.9 Å². The molecule has 0 atom stereocenters. The first-order valence-electron chi connectivity index (χ1n) is 9.41. The summed E-state index contributed by atoms with van der Waals surface area (Å²) in [7, 11) is 0. The Hall–Kier alpha value is -3.41. The number of rotatable bonds is 6. The van der Waals surface area contributed by atoms with E-state index in [9.17, 15) is 4.79 Å². The Morgan fingerprint density at radius 1 is 1.07 bits per heavy atom. The molecule has 4 rings (SSSR count). The zero-order valence-corrected chi connectivity index (χ0v) is 16.1. The van der Waals surface area contributed by atoms with E-state index in [0.29, 0.717) is 17.9 Å². The lowest BCUT2D eigenvalue weighted by Gasteiger charge is -2.08. The van der Waals surface area contributed by atoms with Crippen molar-refractivity contribution in [3.05, 3.63) is 78.1 Å². The summed E-state index contributed by atoms with van der Waals surface area (Å²) in [5.41, 5.74) is 5.24. The lowest BCUT2D eigenvalue weighted by Crippen LogP contribution is -2.27. The van der Waals surface area contributed by atoms with Gasteiger partial charge in [-0.1, -0.05) is 35.9 Å². The summed E-state index contributed by atoms with van der Waals surface area (Å²) in [4.78, 5) is 21.8. The molecule has 1 N–H and O–H groups in total. The lowest BCUT2D eigenvalue weighted by molar-refractivity contribution is 0.0947. The number of imidazole rings is 2. The molecule has 6 nitrogen and oxygen atoms in total. The number of benzene rings is 1. The Bertz CT molecular complexity index is 1090. The van der Waals surface area contributed by atoms with Crippen molar-refractivity contribution in [1.82, 2.24) is 24.3 Å². The number of nitrogens with zero attached hydrogens (tertiary/aromatic N) is 4. The van der Waals surface area contributed by atoms with Gasteiger partial charge < -0.3 is 9.88 Å². The molecule has 0 saturated heterocycles. The summed E-state index contributed by atoms with van der Waals surface area (Å²) in [6, 6.07) is 12.1. The molecular formula is C22H23N5O. The summed E-state index contributed by atoms with van der Waals surface area (Å²) >= 11 is 0. The maximum Gasteiger partial charge on any atom is 0.270 e. The van der Waals surface area contributed by atoms with Crippen LogP contribution < -0.4 is 5.32 Å². The van der Waals surface area contributed by atoms with Crippen LogP contribution in [0.1, 0.15) is 28.0 Å². The highest BCUT2D eigenvalue weighted by molar-refractivity contribution is 5.99. The zero-order chi connectivity index (χ0) is 19.5. The molecule has 1 amide bonds. The zero-order valence-electron chi connectivity index (χ0n) is 16.1. The minimum absolute atomic E-state index is 0.112. The highest BCUT2D eigenvalue weighted by Crippen LogP contribution is 2.25. The van der Waals surface area contributed by atoms with Crippen LogP contribution in [0.3, 0.4) is 0 Å². The predicted molar refractivity (Wildman–Crippen MR) is 109 cm³/mol. The number of hydrogen-bond acceptors (Lipinski definition) is 3. The number of aryl methyl sites for hydroxylation is 3. The van der Waals surface area contributed by atoms with E-state index < -0.39 is 0 Å².